The lowest BCUT2D eigenvalue weighted by molar-refractivity contribution is -0.000749. The third-order valence-electron chi connectivity index (χ3n) is 5.16. The number of Topliss-reactive ketones (excluding diaryl/α,β-unsaturated/α-hetero) is 1. The second-order valence-electron chi connectivity index (χ2n) is 7.77. The Morgan fingerprint density at radius 3 is 2.22 bits per heavy atom. The van der Waals surface area contributed by atoms with Crippen molar-refractivity contribution in [2.45, 2.75) is 46.1 Å². The molecule has 0 bridgehead atoms. The van der Waals surface area contributed by atoms with Crippen LogP contribution in [0.5, 0.6) is 5.75 Å². The molecule has 1 aliphatic rings. The highest BCUT2D eigenvalue weighted by Gasteiger charge is 2.49. The molecule has 0 radical (unpaired) electrons. The highest BCUT2D eigenvalue weighted by molar-refractivity contribution is 6.02. The van der Waals surface area contributed by atoms with E-state index in [1.54, 1.807) is 0 Å². The highest BCUT2D eigenvalue weighted by Crippen LogP contribution is 2.47. The van der Waals surface area contributed by atoms with E-state index in [4.69, 9.17) is 4.74 Å². The Hall–Kier alpha value is -2.61. The van der Waals surface area contributed by atoms with Crippen molar-refractivity contribution in [3.05, 3.63) is 89.0 Å². The van der Waals surface area contributed by atoms with E-state index in [2.05, 4.69) is 52.0 Å². The van der Waals surface area contributed by atoms with Gasteiger partial charge in [0.05, 0.1) is 11.5 Å². The Morgan fingerprint density at radius 1 is 0.926 bits per heavy atom. The number of hydrogen-bond donors (Lipinski definition) is 0. The molecule has 140 valence electrons. The van der Waals surface area contributed by atoms with Gasteiger partial charge >= 0.3 is 0 Å². The van der Waals surface area contributed by atoms with Gasteiger partial charge in [0.15, 0.2) is 5.78 Å². The number of carbonyl (C=O) groups is 1. The van der Waals surface area contributed by atoms with Gasteiger partial charge in [-0.2, -0.15) is 0 Å². The van der Waals surface area contributed by atoms with Crippen molar-refractivity contribution < 1.29 is 9.53 Å². The van der Waals surface area contributed by atoms with Crippen molar-refractivity contribution in [1.82, 2.24) is 0 Å². The van der Waals surface area contributed by atoms with Crippen molar-refractivity contribution in [2.75, 3.05) is 0 Å². The van der Waals surface area contributed by atoms with Crippen LogP contribution in [0.25, 0.3) is 0 Å². The van der Waals surface area contributed by atoms with E-state index < -0.39 is 5.60 Å². The molecule has 2 unspecified atom stereocenters. The molecule has 3 rings (SSSR count). The zero-order valence-electron chi connectivity index (χ0n) is 16.7. The molecule has 0 spiro atoms. The Balaban J connectivity index is 2.21. The molecular formula is C25H28O2. The molecule has 0 fully saturated rings. The summed E-state index contributed by atoms with van der Waals surface area (Å²) < 4.78 is 6.68. The lowest BCUT2D eigenvalue weighted by Crippen LogP contribution is -2.48. The predicted molar refractivity (Wildman–Crippen MR) is 111 cm³/mol. The van der Waals surface area contributed by atoms with Crippen LogP contribution in [0.1, 0.15) is 56.5 Å². The first-order valence-corrected chi connectivity index (χ1v) is 9.58. The fourth-order valence-corrected chi connectivity index (χ4v) is 3.71. The SMILES string of the molecule is CC(C)=CCC1C(=O)c2ccccc2OC1(CC=C(C)C)c1ccccc1. The monoisotopic (exact) mass is 360 g/mol. The number of carbonyl (C=O) groups excluding carboxylic acids is 1. The summed E-state index contributed by atoms with van der Waals surface area (Å²) in [6.07, 6.45) is 5.67. The lowest BCUT2D eigenvalue weighted by Gasteiger charge is -2.44. The smallest absolute Gasteiger partial charge is 0.174 e. The van der Waals surface area contributed by atoms with E-state index in [1.165, 1.54) is 11.1 Å². The molecule has 2 nitrogen and oxygen atoms in total. The van der Waals surface area contributed by atoms with Crippen LogP contribution in [0, 0.1) is 5.92 Å². The van der Waals surface area contributed by atoms with Crippen LogP contribution in [-0.2, 0) is 5.60 Å². The van der Waals surface area contributed by atoms with Gasteiger partial charge in [-0.1, -0.05) is 65.8 Å². The predicted octanol–water partition coefficient (Wildman–Crippen LogP) is 6.49. The molecule has 0 aliphatic carbocycles. The highest BCUT2D eigenvalue weighted by atomic mass is 16.5. The fraction of sp³-hybridized carbons (Fsp3) is 0.320. The molecule has 2 heteroatoms. The van der Waals surface area contributed by atoms with Crippen LogP contribution in [0.15, 0.2) is 77.9 Å². The first kappa shape index (κ1) is 19.2. The van der Waals surface area contributed by atoms with Gasteiger partial charge in [0.2, 0.25) is 0 Å². The molecule has 0 amide bonds. The molecule has 2 atom stereocenters. The molecule has 1 aliphatic heterocycles. The number of fused-ring (bicyclic) bond motifs is 1. The average Bonchev–Trinajstić information content (AvgIpc) is 2.66. The van der Waals surface area contributed by atoms with E-state index in [-0.39, 0.29) is 11.7 Å². The minimum absolute atomic E-state index is 0.167. The molecule has 27 heavy (non-hydrogen) atoms. The number of ketones is 1. The Morgan fingerprint density at radius 2 is 1.56 bits per heavy atom. The summed E-state index contributed by atoms with van der Waals surface area (Å²) in [7, 11) is 0. The van der Waals surface area contributed by atoms with Crippen LogP contribution in [0.2, 0.25) is 0 Å². The van der Waals surface area contributed by atoms with Gasteiger partial charge in [0, 0.05) is 6.42 Å². The summed E-state index contributed by atoms with van der Waals surface area (Å²) in [4.78, 5) is 13.5. The summed E-state index contributed by atoms with van der Waals surface area (Å²) in [5.41, 5.74) is 3.48. The largest absolute Gasteiger partial charge is 0.481 e. The van der Waals surface area contributed by atoms with Crippen molar-refractivity contribution in [3.63, 3.8) is 0 Å². The maximum atomic E-state index is 13.5. The first-order valence-electron chi connectivity index (χ1n) is 9.58. The zero-order chi connectivity index (χ0) is 19.4. The first-order chi connectivity index (χ1) is 12.9. The number of benzene rings is 2. The van der Waals surface area contributed by atoms with Crippen molar-refractivity contribution >= 4 is 5.78 Å². The van der Waals surface area contributed by atoms with Gasteiger partial charge in [0.25, 0.3) is 0 Å². The number of allylic oxidation sites excluding steroid dienone is 3. The number of ether oxygens (including phenoxy) is 1. The maximum absolute atomic E-state index is 13.5. The van der Waals surface area contributed by atoms with E-state index in [0.29, 0.717) is 24.2 Å². The molecule has 2 aromatic carbocycles. The van der Waals surface area contributed by atoms with Crippen LogP contribution < -0.4 is 4.74 Å². The van der Waals surface area contributed by atoms with Crippen LogP contribution in [-0.4, -0.2) is 5.78 Å². The molecule has 0 saturated carbocycles. The van der Waals surface area contributed by atoms with Crippen LogP contribution >= 0.6 is 0 Å². The fourth-order valence-electron chi connectivity index (χ4n) is 3.71. The minimum Gasteiger partial charge on any atom is -0.481 e. The van der Waals surface area contributed by atoms with Gasteiger partial charge in [-0.3, -0.25) is 4.79 Å². The summed E-state index contributed by atoms with van der Waals surface area (Å²) in [5.74, 6) is 0.586. The summed E-state index contributed by atoms with van der Waals surface area (Å²) >= 11 is 0. The van der Waals surface area contributed by atoms with Crippen molar-refractivity contribution in [1.29, 1.82) is 0 Å². The van der Waals surface area contributed by atoms with E-state index in [9.17, 15) is 4.79 Å². The standard InChI is InChI=1S/C25H28O2/c1-18(2)14-15-22-24(26)21-12-8-9-13-23(21)27-25(22,17-16-19(3)4)20-10-6-5-7-11-20/h5-14,16,22H,15,17H2,1-4H3. The number of hydrogen-bond acceptors (Lipinski definition) is 2. The van der Waals surface area contributed by atoms with E-state index >= 15 is 0 Å². The van der Waals surface area contributed by atoms with Crippen molar-refractivity contribution in [2.24, 2.45) is 5.92 Å². The quantitative estimate of drug-likeness (QED) is 0.570. The van der Waals surface area contributed by atoms with Gasteiger partial charge in [-0.25, -0.2) is 0 Å². The zero-order valence-corrected chi connectivity index (χ0v) is 16.7. The van der Waals surface area contributed by atoms with E-state index in [0.717, 1.165) is 5.56 Å². The third-order valence-corrected chi connectivity index (χ3v) is 5.16. The Labute approximate surface area is 162 Å². The molecule has 2 aromatic rings. The van der Waals surface area contributed by atoms with Crippen LogP contribution in [0.4, 0.5) is 0 Å². The van der Waals surface area contributed by atoms with Crippen molar-refractivity contribution in [3.8, 4) is 5.75 Å². The number of rotatable bonds is 5. The average molecular weight is 360 g/mol. The second-order valence-corrected chi connectivity index (χ2v) is 7.77. The lowest BCUT2D eigenvalue weighted by atomic mass is 9.71. The molecule has 1 heterocycles. The molecular weight excluding hydrogens is 332 g/mol. The number of para-hydroxylation sites is 1. The molecule has 0 saturated heterocycles. The Bertz CT molecular complexity index is 868. The van der Waals surface area contributed by atoms with E-state index in [1.807, 2.05) is 42.5 Å². The summed E-state index contributed by atoms with van der Waals surface area (Å²) in [6, 6.07) is 17.8. The Kier molecular flexibility index (Phi) is 5.65. The van der Waals surface area contributed by atoms with Gasteiger partial charge in [-0.15, -0.1) is 0 Å². The summed E-state index contributed by atoms with van der Waals surface area (Å²) in [6.45, 7) is 8.32. The summed E-state index contributed by atoms with van der Waals surface area (Å²) in [5, 5.41) is 0. The third kappa shape index (κ3) is 3.90. The van der Waals surface area contributed by atoms with Gasteiger partial charge in [0.1, 0.15) is 11.4 Å². The topological polar surface area (TPSA) is 26.3 Å². The van der Waals surface area contributed by atoms with Gasteiger partial charge in [-0.05, 0) is 51.8 Å². The maximum Gasteiger partial charge on any atom is 0.174 e. The molecule has 0 N–H and O–H groups in total. The normalized spacial score (nSPS) is 21.0. The van der Waals surface area contributed by atoms with Crippen LogP contribution in [0.3, 0.4) is 0 Å². The second kappa shape index (κ2) is 7.96. The molecule has 0 aromatic heterocycles. The van der Waals surface area contributed by atoms with Gasteiger partial charge < -0.3 is 4.74 Å². The minimum atomic E-state index is -0.698.